The van der Waals surface area contributed by atoms with Crippen molar-refractivity contribution < 1.29 is 0 Å². The van der Waals surface area contributed by atoms with Gasteiger partial charge in [0.15, 0.2) is 0 Å². The molecule has 0 N–H and O–H groups in total. The van der Waals surface area contributed by atoms with Gasteiger partial charge in [0.05, 0.1) is 21.8 Å². The lowest BCUT2D eigenvalue weighted by atomic mass is 9.98. The Hall–Kier alpha value is -4.29. The molecule has 0 radical (unpaired) electrons. The molecule has 34 heavy (non-hydrogen) atoms. The lowest BCUT2D eigenvalue weighted by Gasteiger charge is -2.17. The van der Waals surface area contributed by atoms with E-state index in [1.54, 1.807) is 4.68 Å². The first kappa shape index (κ1) is 20.3. The predicted octanol–water partition coefficient (Wildman–Crippen LogP) is 6.70. The van der Waals surface area contributed by atoms with Gasteiger partial charge in [0.1, 0.15) is 0 Å². The Balaban J connectivity index is 1.64. The van der Waals surface area contributed by atoms with E-state index in [9.17, 15) is 0 Å². The highest BCUT2D eigenvalue weighted by molar-refractivity contribution is 7.99. The number of para-hydroxylation sites is 2. The summed E-state index contributed by atoms with van der Waals surface area (Å²) in [7, 11) is 0. The third-order valence-corrected chi connectivity index (χ3v) is 6.63. The maximum atomic E-state index is 5.12. The van der Waals surface area contributed by atoms with E-state index in [1.807, 2.05) is 60.7 Å². The minimum atomic E-state index is 0.678. The Kier molecular flexibility index (Phi) is 5.33. The summed E-state index contributed by atoms with van der Waals surface area (Å²) in [5.41, 5.74) is 6.06. The Morgan fingerprint density at radius 3 is 1.97 bits per heavy atom. The molecule has 6 rings (SSSR count). The van der Waals surface area contributed by atoms with Crippen molar-refractivity contribution in [2.75, 3.05) is 0 Å². The van der Waals surface area contributed by atoms with E-state index in [-0.39, 0.29) is 0 Å². The average molecular weight is 458 g/mol. The molecular weight excluding hydrogens is 438 g/mol. The molecule has 5 nitrogen and oxygen atoms in total. The molecule has 2 aromatic heterocycles. The van der Waals surface area contributed by atoms with Crippen molar-refractivity contribution in [3.63, 3.8) is 0 Å². The van der Waals surface area contributed by atoms with E-state index in [4.69, 9.17) is 4.98 Å². The number of hydrogen-bond donors (Lipinski definition) is 0. The summed E-state index contributed by atoms with van der Waals surface area (Å²) >= 11 is 1.54. The van der Waals surface area contributed by atoms with Crippen LogP contribution in [0.1, 0.15) is 0 Å². The molecule has 0 amide bonds. The maximum absolute atomic E-state index is 5.12. The monoisotopic (exact) mass is 457 g/mol. The minimum Gasteiger partial charge on any atom is -0.247 e. The summed E-state index contributed by atoms with van der Waals surface area (Å²) in [6, 6.07) is 38.9. The molecule has 162 valence electrons. The number of tetrazole rings is 1. The van der Waals surface area contributed by atoms with E-state index in [1.165, 1.54) is 11.8 Å². The summed E-state index contributed by atoms with van der Waals surface area (Å²) in [5.74, 6) is 0. The van der Waals surface area contributed by atoms with Gasteiger partial charge in [-0.15, -0.1) is 5.10 Å². The van der Waals surface area contributed by atoms with Crippen LogP contribution in [-0.4, -0.2) is 25.2 Å². The van der Waals surface area contributed by atoms with Crippen LogP contribution in [-0.2, 0) is 0 Å². The highest BCUT2D eigenvalue weighted by Gasteiger charge is 2.21. The molecule has 0 aliphatic heterocycles. The lowest BCUT2D eigenvalue weighted by Crippen LogP contribution is -2.00. The van der Waals surface area contributed by atoms with E-state index in [2.05, 4.69) is 70.1 Å². The average Bonchev–Trinajstić information content (AvgIpc) is 3.38. The predicted molar refractivity (Wildman–Crippen MR) is 136 cm³/mol. The molecule has 0 atom stereocenters. The lowest BCUT2D eigenvalue weighted by molar-refractivity contribution is 0.756. The van der Waals surface area contributed by atoms with E-state index in [0.717, 1.165) is 43.9 Å². The zero-order valence-electron chi connectivity index (χ0n) is 18.1. The number of hydrogen-bond acceptors (Lipinski definition) is 5. The molecule has 6 heteroatoms. The fourth-order valence-corrected chi connectivity index (χ4v) is 5.12. The molecule has 0 aliphatic carbocycles. The quantitative estimate of drug-likeness (QED) is 0.288. The third-order valence-electron chi connectivity index (χ3n) is 5.59. The second kappa shape index (κ2) is 8.92. The molecule has 0 saturated carbocycles. The number of benzene rings is 4. The van der Waals surface area contributed by atoms with Crippen molar-refractivity contribution in [1.82, 2.24) is 25.2 Å². The SMILES string of the molecule is c1ccc(-c2nc3ccccc3c(-c3ccccc3)c2Sc2nnnn2-c2ccccc2)cc1. The van der Waals surface area contributed by atoms with Crippen LogP contribution in [0.5, 0.6) is 0 Å². The van der Waals surface area contributed by atoms with Crippen LogP contribution in [0, 0.1) is 0 Å². The number of pyridine rings is 1. The third kappa shape index (κ3) is 3.74. The van der Waals surface area contributed by atoms with Crippen molar-refractivity contribution >= 4 is 22.7 Å². The maximum Gasteiger partial charge on any atom is 0.219 e. The fraction of sp³-hybridized carbons (Fsp3) is 0. The minimum absolute atomic E-state index is 0.678. The second-order valence-electron chi connectivity index (χ2n) is 7.72. The Morgan fingerprint density at radius 1 is 0.618 bits per heavy atom. The van der Waals surface area contributed by atoms with E-state index in [0.29, 0.717) is 5.16 Å². The normalized spacial score (nSPS) is 11.1. The first-order valence-corrected chi connectivity index (χ1v) is 11.8. The number of aromatic nitrogens is 5. The summed E-state index contributed by atoms with van der Waals surface area (Å²) < 4.78 is 1.77. The zero-order chi connectivity index (χ0) is 22.7. The molecule has 0 aliphatic rings. The first-order chi connectivity index (χ1) is 16.9. The second-order valence-corrected chi connectivity index (χ2v) is 8.70. The van der Waals surface area contributed by atoms with Crippen molar-refractivity contribution in [3.05, 3.63) is 115 Å². The van der Waals surface area contributed by atoms with Gasteiger partial charge in [-0.1, -0.05) is 97.1 Å². The molecule has 0 bridgehead atoms. The molecule has 0 fully saturated rings. The van der Waals surface area contributed by atoms with Gasteiger partial charge in [-0.2, -0.15) is 4.68 Å². The molecule has 0 unspecified atom stereocenters. The number of nitrogens with zero attached hydrogens (tertiary/aromatic N) is 5. The van der Waals surface area contributed by atoms with Crippen molar-refractivity contribution in [1.29, 1.82) is 0 Å². The fourth-order valence-electron chi connectivity index (χ4n) is 4.04. The van der Waals surface area contributed by atoms with Gasteiger partial charge in [0, 0.05) is 16.5 Å². The summed E-state index contributed by atoms with van der Waals surface area (Å²) in [4.78, 5) is 6.13. The Labute approximate surface area is 201 Å². The van der Waals surface area contributed by atoms with Gasteiger partial charge in [0.2, 0.25) is 5.16 Å². The van der Waals surface area contributed by atoms with Crippen molar-refractivity contribution in [2.24, 2.45) is 0 Å². The molecule has 0 spiro atoms. The molecule has 6 aromatic rings. The van der Waals surface area contributed by atoms with Gasteiger partial charge in [0.25, 0.3) is 0 Å². The molecule has 0 saturated heterocycles. The zero-order valence-corrected chi connectivity index (χ0v) is 18.9. The first-order valence-electron chi connectivity index (χ1n) is 10.9. The van der Waals surface area contributed by atoms with Crippen LogP contribution in [0.15, 0.2) is 125 Å². The van der Waals surface area contributed by atoms with Gasteiger partial charge in [-0.3, -0.25) is 0 Å². The highest BCUT2D eigenvalue weighted by atomic mass is 32.2. The molecular formula is C28H19N5S. The highest BCUT2D eigenvalue weighted by Crippen LogP contribution is 2.44. The molecule has 4 aromatic carbocycles. The Bertz CT molecular complexity index is 1560. The van der Waals surface area contributed by atoms with Crippen LogP contribution < -0.4 is 0 Å². The summed E-state index contributed by atoms with van der Waals surface area (Å²) in [5, 5.41) is 14.4. The standard InChI is InChI=1S/C28H19N5S/c1-4-12-20(13-5-1)25-23-18-10-11-19-24(23)29-26(21-14-6-2-7-15-21)27(25)34-28-30-31-32-33(28)22-16-8-3-9-17-22/h1-19H. The van der Waals surface area contributed by atoms with Crippen molar-refractivity contribution in [3.8, 4) is 28.1 Å². The van der Waals surface area contributed by atoms with Gasteiger partial charge >= 0.3 is 0 Å². The van der Waals surface area contributed by atoms with Gasteiger partial charge < -0.3 is 0 Å². The topological polar surface area (TPSA) is 56.5 Å². The Morgan fingerprint density at radius 2 is 1.24 bits per heavy atom. The van der Waals surface area contributed by atoms with Crippen LogP contribution in [0.4, 0.5) is 0 Å². The van der Waals surface area contributed by atoms with Gasteiger partial charge in [-0.25, -0.2) is 4.98 Å². The van der Waals surface area contributed by atoms with E-state index < -0.39 is 0 Å². The van der Waals surface area contributed by atoms with Crippen LogP contribution >= 0.6 is 11.8 Å². The van der Waals surface area contributed by atoms with Crippen LogP contribution in [0.2, 0.25) is 0 Å². The summed E-state index contributed by atoms with van der Waals surface area (Å²) in [6.45, 7) is 0. The number of fused-ring (bicyclic) bond motifs is 1. The number of rotatable bonds is 5. The largest absolute Gasteiger partial charge is 0.247 e. The van der Waals surface area contributed by atoms with Crippen LogP contribution in [0.3, 0.4) is 0 Å². The van der Waals surface area contributed by atoms with Crippen LogP contribution in [0.25, 0.3) is 39.0 Å². The van der Waals surface area contributed by atoms with Gasteiger partial charge in [-0.05, 0) is 46.0 Å². The van der Waals surface area contributed by atoms with E-state index >= 15 is 0 Å². The van der Waals surface area contributed by atoms with Crippen molar-refractivity contribution in [2.45, 2.75) is 10.1 Å². The molecule has 2 heterocycles. The smallest absolute Gasteiger partial charge is 0.219 e. The summed E-state index contributed by atoms with van der Waals surface area (Å²) in [6.07, 6.45) is 0.